The zero-order chi connectivity index (χ0) is 37.5. The van der Waals surface area contributed by atoms with Gasteiger partial charge in [0.1, 0.15) is 0 Å². The fourth-order valence-corrected chi connectivity index (χ4v) is 7.83. The summed E-state index contributed by atoms with van der Waals surface area (Å²) in [6, 6.07) is 16.9. The molecule has 0 fully saturated rings. The number of non-ortho nitro benzene ring substituents is 1. The molecular formula is C41H43N3O8. The summed E-state index contributed by atoms with van der Waals surface area (Å²) in [7, 11) is 0. The average Bonchev–Trinajstić information content (AvgIpc) is 3.06. The maximum Gasteiger partial charge on any atom is 0.318 e. The maximum atomic E-state index is 14.4. The number of allylic oxidation sites excluding steroid dienone is 5. The first kappa shape index (κ1) is 36.2. The van der Waals surface area contributed by atoms with E-state index in [9.17, 15) is 29.8 Å². The van der Waals surface area contributed by atoms with E-state index in [0.717, 1.165) is 29.1 Å². The highest BCUT2D eigenvalue weighted by Gasteiger charge is 2.49. The summed E-state index contributed by atoms with van der Waals surface area (Å²) in [4.78, 5) is 53.1. The number of ketones is 2. The van der Waals surface area contributed by atoms with E-state index in [0.29, 0.717) is 54.5 Å². The third kappa shape index (κ3) is 6.99. The lowest BCUT2D eigenvalue weighted by atomic mass is 9.63. The standard InChI is InChI=1S/C41H43N3O8/c1-7-12-26-17-27(18-35(51-8-2)39(26)52-34-16-15-28(43(47)48)19-29(34)44(49)50)36-37-30(20-40(3,4)22-32(37)45)42(24-25-13-10-9-11-14-25)31-21-41(5,6)23-33(46)38(31)36/h7,9-11,13-19,36H,1,8,12,20-24H2,2-6H3. The van der Waals surface area contributed by atoms with E-state index in [1.54, 1.807) is 19.1 Å². The van der Waals surface area contributed by atoms with E-state index < -0.39 is 27.1 Å². The lowest BCUT2D eigenvalue weighted by Gasteiger charge is -2.49. The van der Waals surface area contributed by atoms with Crippen LogP contribution in [0, 0.1) is 31.1 Å². The minimum absolute atomic E-state index is 0.0106. The quantitative estimate of drug-likeness (QED) is 0.108. The third-order valence-electron chi connectivity index (χ3n) is 9.92. The van der Waals surface area contributed by atoms with Crippen LogP contribution in [-0.4, -0.2) is 32.9 Å². The summed E-state index contributed by atoms with van der Waals surface area (Å²) >= 11 is 0. The van der Waals surface area contributed by atoms with Crippen molar-refractivity contribution >= 4 is 22.9 Å². The van der Waals surface area contributed by atoms with Gasteiger partial charge >= 0.3 is 5.69 Å². The molecule has 0 radical (unpaired) electrons. The Bertz CT molecular complexity index is 2010. The molecule has 0 atom stereocenters. The number of carbonyl (C=O) groups excluding carboxylic acids is 2. The van der Waals surface area contributed by atoms with Crippen LogP contribution in [0.15, 0.2) is 95.9 Å². The number of nitro benzene ring substituents is 2. The summed E-state index contributed by atoms with van der Waals surface area (Å²) in [5.74, 6) is -0.456. The van der Waals surface area contributed by atoms with Gasteiger partial charge in [-0.3, -0.25) is 29.8 Å². The van der Waals surface area contributed by atoms with Gasteiger partial charge in [0, 0.05) is 59.5 Å². The van der Waals surface area contributed by atoms with Crippen molar-refractivity contribution in [1.82, 2.24) is 4.90 Å². The van der Waals surface area contributed by atoms with E-state index >= 15 is 0 Å². The fraction of sp³-hybridized carbons (Fsp3) is 0.366. The molecule has 0 unspecified atom stereocenters. The summed E-state index contributed by atoms with van der Waals surface area (Å²) < 4.78 is 12.3. The zero-order valence-corrected chi connectivity index (χ0v) is 30.2. The van der Waals surface area contributed by atoms with Crippen LogP contribution in [0.4, 0.5) is 11.4 Å². The van der Waals surface area contributed by atoms with Gasteiger partial charge in [-0.05, 0) is 60.3 Å². The molecule has 0 spiro atoms. The molecule has 6 rings (SSSR count). The van der Waals surface area contributed by atoms with Gasteiger partial charge in [-0.2, -0.15) is 0 Å². The number of ether oxygens (including phenoxy) is 2. The lowest BCUT2D eigenvalue weighted by Crippen LogP contribution is -2.44. The Balaban J connectivity index is 1.59. The summed E-state index contributed by atoms with van der Waals surface area (Å²) in [5, 5.41) is 23.4. The maximum absolute atomic E-state index is 14.4. The van der Waals surface area contributed by atoms with Crippen molar-refractivity contribution in [2.75, 3.05) is 6.61 Å². The molecule has 11 nitrogen and oxygen atoms in total. The first-order valence-electron chi connectivity index (χ1n) is 17.5. The SMILES string of the molecule is C=CCc1cc(C2C3=C(CC(C)(C)CC3=O)N(Cc3ccccc3)C3=C2C(=O)CC(C)(C)C3)cc(OCC)c1Oc1ccc([N+](=O)[O-])cc1[N+](=O)[O-]. The topological polar surface area (TPSA) is 142 Å². The largest absolute Gasteiger partial charge is 0.490 e. The van der Waals surface area contributed by atoms with Crippen LogP contribution in [0.5, 0.6) is 17.2 Å². The minimum Gasteiger partial charge on any atom is -0.490 e. The Kier molecular flexibility index (Phi) is 9.65. The number of rotatable bonds is 11. The van der Waals surface area contributed by atoms with Crippen molar-refractivity contribution in [3.63, 3.8) is 0 Å². The highest BCUT2D eigenvalue weighted by Crippen LogP contribution is 2.56. The molecule has 0 N–H and O–H groups in total. The van der Waals surface area contributed by atoms with Gasteiger partial charge in [0.2, 0.25) is 5.75 Å². The molecular weight excluding hydrogens is 662 g/mol. The van der Waals surface area contributed by atoms with Crippen molar-refractivity contribution < 1.29 is 28.9 Å². The van der Waals surface area contributed by atoms with Gasteiger partial charge in [-0.15, -0.1) is 6.58 Å². The molecule has 3 aromatic carbocycles. The second-order valence-corrected chi connectivity index (χ2v) is 15.3. The second kappa shape index (κ2) is 13.9. The van der Waals surface area contributed by atoms with Gasteiger partial charge in [0.25, 0.3) is 5.69 Å². The van der Waals surface area contributed by atoms with Gasteiger partial charge in [0.15, 0.2) is 23.1 Å². The van der Waals surface area contributed by atoms with Gasteiger partial charge in [0.05, 0.1) is 22.5 Å². The zero-order valence-electron chi connectivity index (χ0n) is 30.2. The molecule has 0 amide bonds. The Morgan fingerprint density at radius 3 is 2.00 bits per heavy atom. The van der Waals surface area contributed by atoms with Crippen LogP contribution in [0.1, 0.15) is 82.9 Å². The average molecular weight is 706 g/mol. The molecule has 0 saturated carbocycles. The number of nitrogens with zero attached hydrogens (tertiary/aromatic N) is 3. The molecule has 3 aliphatic rings. The molecule has 0 aromatic heterocycles. The minimum atomic E-state index is -0.734. The predicted octanol–water partition coefficient (Wildman–Crippen LogP) is 9.31. The van der Waals surface area contributed by atoms with Crippen molar-refractivity contribution in [2.24, 2.45) is 10.8 Å². The van der Waals surface area contributed by atoms with Crippen LogP contribution >= 0.6 is 0 Å². The Hall–Kier alpha value is -5.58. The lowest BCUT2D eigenvalue weighted by molar-refractivity contribution is -0.394. The molecule has 270 valence electrons. The fourth-order valence-electron chi connectivity index (χ4n) is 7.83. The normalized spacial score (nSPS) is 18.1. The van der Waals surface area contributed by atoms with Gasteiger partial charge < -0.3 is 14.4 Å². The number of hydrogen-bond donors (Lipinski definition) is 0. The molecule has 1 heterocycles. The summed E-state index contributed by atoms with van der Waals surface area (Å²) in [6.45, 7) is 14.9. The summed E-state index contributed by atoms with van der Waals surface area (Å²) in [5.41, 5.74) is 3.73. The van der Waals surface area contributed by atoms with Crippen LogP contribution in [-0.2, 0) is 22.6 Å². The number of hydrogen-bond acceptors (Lipinski definition) is 9. The number of nitro groups is 2. The molecule has 52 heavy (non-hydrogen) atoms. The van der Waals surface area contributed by atoms with E-state index in [-0.39, 0.29) is 52.7 Å². The molecule has 3 aromatic rings. The number of Topliss-reactive ketones (excluding diaryl/α,β-unsaturated/α-hetero) is 2. The van der Waals surface area contributed by atoms with E-state index in [1.807, 2.05) is 24.3 Å². The molecule has 0 bridgehead atoms. The summed E-state index contributed by atoms with van der Waals surface area (Å²) in [6.07, 6.45) is 3.86. The van der Waals surface area contributed by atoms with Crippen molar-refractivity contribution in [3.8, 4) is 17.2 Å². The van der Waals surface area contributed by atoms with E-state index in [2.05, 4.69) is 51.3 Å². The van der Waals surface area contributed by atoms with Crippen molar-refractivity contribution in [1.29, 1.82) is 0 Å². The van der Waals surface area contributed by atoms with Gasteiger partial charge in [-0.1, -0.05) is 70.2 Å². The Morgan fingerprint density at radius 2 is 1.46 bits per heavy atom. The van der Waals surface area contributed by atoms with E-state index in [1.165, 1.54) is 6.07 Å². The molecule has 2 aliphatic carbocycles. The number of benzene rings is 3. The highest BCUT2D eigenvalue weighted by atomic mass is 16.6. The first-order valence-corrected chi connectivity index (χ1v) is 17.5. The van der Waals surface area contributed by atoms with Crippen LogP contribution in [0.3, 0.4) is 0 Å². The van der Waals surface area contributed by atoms with E-state index in [4.69, 9.17) is 9.47 Å². The number of carbonyl (C=O) groups is 2. The second-order valence-electron chi connectivity index (χ2n) is 15.3. The van der Waals surface area contributed by atoms with Crippen LogP contribution in [0.25, 0.3) is 0 Å². The third-order valence-corrected chi connectivity index (χ3v) is 9.92. The predicted molar refractivity (Wildman–Crippen MR) is 196 cm³/mol. The van der Waals surface area contributed by atoms with Crippen LogP contribution < -0.4 is 9.47 Å². The highest BCUT2D eigenvalue weighted by molar-refractivity contribution is 6.07. The first-order chi connectivity index (χ1) is 24.6. The molecule has 0 saturated heterocycles. The molecule has 1 aliphatic heterocycles. The monoisotopic (exact) mass is 705 g/mol. The van der Waals surface area contributed by atoms with Crippen molar-refractivity contribution in [2.45, 2.75) is 79.2 Å². The smallest absolute Gasteiger partial charge is 0.318 e. The molecule has 11 heteroatoms. The Labute approximate surface area is 302 Å². The van der Waals surface area contributed by atoms with Crippen LogP contribution in [0.2, 0.25) is 0 Å². The van der Waals surface area contributed by atoms with Crippen molar-refractivity contribution in [3.05, 3.63) is 133 Å². The Morgan fingerprint density at radius 1 is 0.846 bits per heavy atom. The van der Waals surface area contributed by atoms with Gasteiger partial charge in [-0.25, -0.2) is 0 Å².